The minimum atomic E-state index is -0.463. The first-order valence-electron chi connectivity index (χ1n) is 9.69. The Labute approximate surface area is 168 Å². The lowest BCUT2D eigenvalue weighted by Gasteiger charge is -2.11. The second-order valence-corrected chi connectivity index (χ2v) is 8.01. The standard InChI is InChI=1S/C23H23N3O3/c1-12(2)11-26-21-6-5-15(13(3)25-29-14(4)27)7-18(21)19-10-17-16(9-22(19)26)8-20(24)23(17)28/h5-7,9-10,12,24H,8,11H2,1-4H3/b24-20?,25-13+. The molecule has 3 aromatic rings. The third-order valence-corrected chi connectivity index (χ3v) is 5.25. The first-order chi connectivity index (χ1) is 13.8. The first-order valence-corrected chi connectivity index (χ1v) is 9.69. The SMILES string of the molecule is CC(=O)O/N=C(\C)c1ccc2c(c1)c1cc3c(cc1n2CC(C)C)CC(=N)C3=O. The van der Waals surface area contributed by atoms with Crippen LogP contribution in [0.15, 0.2) is 35.5 Å². The van der Waals surface area contributed by atoms with Crippen LogP contribution in [-0.4, -0.2) is 27.7 Å². The highest BCUT2D eigenvalue weighted by molar-refractivity contribution is 6.48. The minimum absolute atomic E-state index is 0.150. The molecule has 0 unspecified atom stereocenters. The molecule has 0 radical (unpaired) electrons. The van der Waals surface area contributed by atoms with Gasteiger partial charge in [0.15, 0.2) is 0 Å². The lowest BCUT2D eigenvalue weighted by atomic mass is 10.0. The molecule has 0 amide bonds. The summed E-state index contributed by atoms with van der Waals surface area (Å²) in [5.41, 5.74) is 5.31. The van der Waals surface area contributed by atoms with Crippen LogP contribution in [0.3, 0.4) is 0 Å². The van der Waals surface area contributed by atoms with Crippen LogP contribution in [0.4, 0.5) is 0 Å². The van der Waals surface area contributed by atoms with E-state index < -0.39 is 5.97 Å². The highest BCUT2D eigenvalue weighted by Gasteiger charge is 2.27. The van der Waals surface area contributed by atoms with Crippen molar-refractivity contribution in [2.24, 2.45) is 11.1 Å². The summed E-state index contributed by atoms with van der Waals surface area (Å²) in [5.74, 6) is -0.195. The quantitative estimate of drug-likeness (QED) is 0.405. The summed E-state index contributed by atoms with van der Waals surface area (Å²) in [6, 6.07) is 10.0. The van der Waals surface area contributed by atoms with Crippen molar-refractivity contribution in [3.63, 3.8) is 0 Å². The van der Waals surface area contributed by atoms with Gasteiger partial charge in [-0.2, -0.15) is 0 Å². The second-order valence-electron chi connectivity index (χ2n) is 8.01. The summed E-state index contributed by atoms with van der Waals surface area (Å²) in [6.07, 6.45) is 0.396. The lowest BCUT2D eigenvalue weighted by Crippen LogP contribution is -2.04. The van der Waals surface area contributed by atoms with Gasteiger partial charge in [0.2, 0.25) is 5.78 Å². The number of Topliss-reactive ketones (excluding diaryl/α,β-unsaturated/α-hetero) is 1. The number of fused-ring (bicyclic) bond motifs is 4. The molecule has 6 nitrogen and oxygen atoms in total. The zero-order valence-electron chi connectivity index (χ0n) is 17.0. The number of aromatic nitrogens is 1. The van der Waals surface area contributed by atoms with Gasteiger partial charge in [-0.1, -0.05) is 25.1 Å². The van der Waals surface area contributed by atoms with Gasteiger partial charge in [-0.15, -0.1) is 0 Å². The van der Waals surface area contributed by atoms with Crippen molar-refractivity contribution in [1.82, 2.24) is 4.57 Å². The molecule has 29 heavy (non-hydrogen) atoms. The fraction of sp³-hybridized carbons (Fsp3) is 0.304. The number of hydrogen-bond donors (Lipinski definition) is 1. The molecular formula is C23H23N3O3. The Morgan fingerprint density at radius 3 is 2.59 bits per heavy atom. The predicted octanol–water partition coefficient (Wildman–Crippen LogP) is 4.50. The van der Waals surface area contributed by atoms with Crippen molar-refractivity contribution in [2.45, 2.75) is 40.7 Å². The highest BCUT2D eigenvalue weighted by Crippen LogP contribution is 2.35. The topological polar surface area (TPSA) is 84.5 Å². The largest absolute Gasteiger partial charge is 0.340 e. The van der Waals surface area contributed by atoms with E-state index in [4.69, 9.17) is 10.2 Å². The Morgan fingerprint density at radius 2 is 1.90 bits per heavy atom. The van der Waals surface area contributed by atoms with Gasteiger partial charge in [-0.3, -0.25) is 4.79 Å². The van der Waals surface area contributed by atoms with Crippen LogP contribution in [-0.2, 0) is 22.6 Å². The van der Waals surface area contributed by atoms with E-state index in [1.165, 1.54) is 6.92 Å². The summed E-state index contributed by atoms with van der Waals surface area (Å²) in [4.78, 5) is 28.2. The van der Waals surface area contributed by atoms with Crippen LogP contribution >= 0.6 is 0 Å². The number of oxime groups is 1. The number of ketones is 1. The van der Waals surface area contributed by atoms with Crippen molar-refractivity contribution in [1.29, 1.82) is 5.41 Å². The van der Waals surface area contributed by atoms with E-state index in [9.17, 15) is 9.59 Å². The van der Waals surface area contributed by atoms with Gasteiger partial charge in [0.05, 0.1) is 11.4 Å². The van der Waals surface area contributed by atoms with E-state index in [1.807, 2.05) is 18.2 Å². The third-order valence-electron chi connectivity index (χ3n) is 5.25. The third kappa shape index (κ3) is 3.24. The minimum Gasteiger partial charge on any atom is -0.340 e. The van der Waals surface area contributed by atoms with Crippen LogP contribution in [0.1, 0.15) is 49.2 Å². The maximum atomic E-state index is 12.4. The number of carbonyl (C=O) groups is 2. The van der Waals surface area contributed by atoms with Crippen molar-refractivity contribution < 1.29 is 14.4 Å². The van der Waals surface area contributed by atoms with E-state index >= 15 is 0 Å². The Hall–Kier alpha value is -3.28. The molecule has 0 atom stereocenters. The lowest BCUT2D eigenvalue weighted by molar-refractivity contribution is -0.140. The van der Waals surface area contributed by atoms with E-state index in [1.54, 1.807) is 6.92 Å². The molecule has 6 heteroatoms. The average Bonchev–Trinajstić information content (AvgIpc) is 3.12. The molecule has 1 aromatic heterocycles. The van der Waals surface area contributed by atoms with Crippen LogP contribution in [0.25, 0.3) is 21.8 Å². The Bertz CT molecular complexity index is 1230. The molecule has 4 rings (SSSR count). The Morgan fingerprint density at radius 1 is 1.17 bits per heavy atom. The summed E-state index contributed by atoms with van der Waals surface area (Å²) in [7, 11) is 0. The second kappa shape index (κ2) is 6.95. The fourth-order valence-electron chi connectivity index (χ4n) is 3.95. The smallest absolute Gasteiger partial charge is 0.331 e. The molecule has 148 valence electrons. The predicted molar refractivity (Wildman–Crippen MR) is 114 cm³/mol. The van der Waals surface area contributed by atoms with Gasteiger partial charge < -0.3 is 14.8 Å². The van der Waals surface area contributed by atoms with Gasteiger partial charge in [0, 0.05) is 47.3 Å². The molecule has 0 fully saturated rings. The zero-order chi connectivity index (χ0) is 20.9. The summed E-state index contributed by atoms with van der Waals surface area (Å²) in [6.45, 7) is 8.31. The van der Waals surface area contributed by atoms with Crippen molar-refractivity contribution in [3.8, 4) is 0 Å². The summed E-state index contributed by atoms with van der Waals surface area (Å²) >= 11 is 0. The number of nitrogens with one attached hydrogen (secondary N) is 1. The first kappa shape index (κ1) is 19.1. The van der Waals surface area contributed by atoms with Crippen LogP contribution in [0.5, 0.6) is 0 Å². The molecular weight excluding hydrogens is 366 g/mol. The Balaban J connectivity index is 1.97. The van der Waals surface area contributed by atoms with E-state index in [0.29, 0.717) is 23.6 Å². The van der Waals surface area contributed by atoms with Crippen LogP contribution in [0.2, 0.25) is 0 Å². The van der Waals surface area contributed by atoms with Crippen molar-refractivity contribution in [3.05, 3.63) is 47.0 Å². The Kier molecular flexibility index (Phi) is 4.57. The van der Waals surface area contributed by atoms with Crippen LogP contribution < -0.4 is 0 Å². The number of nitrogens with zero attached hydrogens (tertiary/aromatic N) is 2. The molecule has 0 spiro atoms. The highest BCUT2D eigenvalue weighted by atomic mass is 16.7. The molecule has 0 saturated carbocycles. The van der Waals surface area contributed by atoms with Crippen LogP contribution in [0, 0.1) is 11.3 Å². The fourth-order valence-corrected chi connectivity index (χ4v) is 3.95. The molecule has 1 aliphatic rings. The normalized spacial score (nSPS) is 14.3. The molecule has 0 saturated heterocycles. The maximum Gasteiger partial charge on any atom is 0.331 e. The van der Waals surface area contributed by atoms with Gasteiger partial charge in [-0.25, -0.2) is 4.79 Å². The maximum absolute atomic E-state index is 12.4. The van der Waals surface area contributed by atoms with Gasteiger partial charge >= 0.3 is 5.97 Å². The van der Waals surface area contributed by atoms with Gasteiger partial charge in [0.1, 0.15) is 0 Å². The molecule has 1 aliphatic carbocycles. The molecule has 1 heterocycles. The summed E-state index contributed by atoms with van der Waals surface area (Å²) in [5, 5.41) is 13.8. The molecule has 2 aromatic carbocycles. The van der Waals surface area contributed by atoms with E-state index in [0.717, 1.165) is 39.5 Å². The van der Waals surface area contributed by atoms with E-state index in [2.05, 4.69) is 35.7 Å². The van der Waals surface area contributed by atoms with Gasteiger partial charge in [0.25, 0.3) is 0 Å². The number of hydrogen-bond acceptors (Lipinski definition) is 5. The molecule has 0 bridgehead atoms. The zero-order valence-corrected chi connectivity index (χ0v) is 17.0. The monoisotopic (exact) mass is 389 g/mol. The number of carbonyl (C=O) groups excluding carboxylic acids is 2. The molecule has 0 aliphatic heterocycles. The van der Waals surface area contributed by atoms with Crippen molar-refractivity contribution in [2.75, 3.05) is 0 Å². The number of benzene rings is 2. The number of rotatable bonds is 4. The summed E-state index contributed by atoms with van der Waals surface area (Å²) < 4.78 is 2.28. The van der Waals surface area contributed by atoms with E-state index in [-0.39, 0.29) is 11.5 Å². The average molecular weight is 389 g/mol. The van der Waals surface area contributed by atoms with Crippen molar-refractivity contribution >= 4 is 45.0 Å². The van der Waals surface area contributed by atoms with Gasteiger partial charge in [-0.05, 0) is 48.2 Å². The molecule has 1 N–H and O–H groups in total.